The van der Waals surface area contributed by atoms with Crippen molar-refractivity contribution in [2.45, 2.75) is 26.3 Å². The van der Waals surface area contributed by atoms with E-state index in [1.54, 1.807) is 7.05 Å². The Hall–Kier alpha value is -0.920. The van der Waals surface area contributed by atoms with Crippen molar-refractivity contribution in [3.63, 3.8) is 0 Å². The molecule has 1 saturated heterocycles. The Bertz CT molecular complexity index is 335. The van der Waals surface area contributed by atoms with Crippen LogP contribution in [0, 0.1) is 5.92 Å². The molecule has 2 unspecified atom stereocenters. The predicted molar refractivity (Wildman–Crippen MR) is 88.3 cm³/mol. The number of nitrogens with zero attached hydrogens (tertiary/aromatic N) is 1. The monoisotopic (exact) mass is 316 g/mol. The van der Waals surface area contributed by atoms with Crippen LogP contribution in [0.4, 0.5) is 0 Å². The van der Waals surface area contributed by atoms with E-state index in [2.05, 4.69) is 34.7 Å². The van der Waals surface area contributed by atoms with Gasteiger partial charge in [0.1, 0.15) is 6.04 Å². The van der Waals surface area contributed by atoms with Crippen molar-refractivity contribution in [3.8, 4) is 0 Å². The van der Waals surface area contributed by atoms with E-state index >= 15 is 0 Å². The molecule has 0 aromatic heterocycles. The van der Waals surface area contributed by atoms with Crippen molar-refractivity contribution in [1.29, 1.82) is 0 Å². The molecule has 1 aliphatic heterocycles. The van der Waals surface area contributed by atoms with E-state index in [1.165, 1.54) is 0 Å². The number of hydrogen-bond acceptors (Lipinski definition) is 4. The zero-order valence-corrected chi connectivity index (χ0v) is 14.1. The molecule has 3 N–H and O–H groups in total. The summed E-state index contributed by atoms with van der Waals surface area (Å²) in [6.45, 7) is 9.07. The predicted octanol–water partition coefficient (Wildman–Crippen LogP) is -0.0566. The van der Waals surface area contributed by atoms with Gasteiger partial charge in [0.25, 0.3) is 0 Å². The van der Waals surface area contributed by atoms with Crippen molar-refractivity contribution >= 4 is 23.2 Å². The van der Waals surface area contributed by atoms with Crippen LogP contribution in [-0.2, 0) is 9.53 Å². The van der Waals surface area contributed by atoms with Crippen LogP contribution in [0.5, 0.6) is 0 Å². The van der Waals surface area contributed by atoms with E-state index in [9.17, 15) is 4.79 Å². The molecule has 0 saturated carbocycles. The lowest BCUT2D eigenvalue weighted by molar-refractivity contribution is -0.124. The van der Waals surface area contributed by atoms with Gasteiger partial charge in [-0.2, -0.15) is 0 Å². The molecular weight excluding hydrogens is 288 g/mol. The summed E-state index contributed by atoms with van der Waals surface area (Å²) in [6.07, 6.45) is 0.918. The summed E-state index contributed by atoms with van der Waals surface area (Å²) in [4.78, 5) is 14.6. The highest BCUT2D eigenvalue weighted by Gasteiger charge is 2.24. The summed E-state index contributed by atoms with van der Waals surface area (Å²) in [5.74, 6) is 0.231. The molecule has 0 bridgehead atoms. The molecule has 122 valence electrons. The number of rotatable bonds is 7. The summed E-state index contributed by atoms with van der Waals surface area (Å²) in [7, 11) is 1.75. The topological polar surface area (TPSA) is 65.6 Å². The highest BCUT2D eigenvalue weighted by Crippen LogP contribution is 2.08. The first-order valence-corrected chi connectivity index (χ1v) is 8.05. The zero-order chi connectivity index (χ0) is 15.7. The Morgan fingerprint density at radius 1 is 1.38 bits per heavy atom. The highest BCUT2D eigenvalue weighted by atomic mass is 32.1. The molecule has 2 atom stereocenters. The molecule has 6 nitrogen and oxygen atoms in total. The lowest BCUT2D eigenvalue weighted by Crippen LogP contribution is -2.53. The second-order valence-electron chi connectivity index (χ2n) is 5.33. The smallest absolute Gasteiger partial charge is 0.242 e. The van der Waals surface area contributed by atoms with Gasteiger partial charge in [-0.25, -0.2) is 0 Å². The van der Waals surface area contributed by atoms with Gasteiger partial charge < -0.3 is 20.7 Å². The van der Waals surface area contributed by atoms with Gasteiger partial charge in [0.05, 0.1) is 13.2 Å². The summed E-state index contributed by atoms with van der Waals surface area (Å²) in [5.41, 5.74) is 0. The van der Waals surface area contributed by atoms with Crippen molar-refractivity contribution in [2.75, 3.05) is 46.4 Å². The molecule has 0 aromatic carbocycles. The first-order valence-electron chi connectivity index (χ1n) is 7.64. The fourth-order valence-electron chi connectivity index (χ4n) is 2.19. The third-order valence-electron chi connectivity index (χ3n) is 3.84. The number of morpholine rings is 1. The Labute approximate surface area is 133 Å². The Morgan fingerprint density at radius 3 is 2.62 bits per heavy atom. The van der Waals surface area contributed by atoms with E-state index in [0.717, 1.165) is 39.3 Å². The maximum atomic E-state index is 12.3. The Kier molecular flexibility index (Phi) is 8.56. The normalized spacial score (nSPS) is 18.6. The van der Waals surface area contributed by atoms with Gasteiger partial charge in [0.15, 0.2) is 5.11 Å². The highest BCUT2D eigenvalue weighted by molar-refractivity contribution is 7.80. The summed E-state index contributed by atoms with van der Waals surface area (Å²) < 4.78 is 5.31. The van der Waals surface area contributed by atoms with Gasteiger partial charge in [0.2, 0.25) is 5.91 Å². The molecular formula is C14H28N4O2S. The minimum atomic E-state index is -0.292. The lowest BCUT2D eigenvalue weighted by atomic mass is 9.98. The molecule has 0 radical (unpaired) electrons. The molecule has 21 heavy (non-hydrogen) atoms. The summed E-state index contributed by atoms with van der Waals surface area (Å²) >= 11 is 5.11. The van der Waals surface area contributed by atoms with Crippen LogP contribution in [0.15, 0.2) is 0 Å². The third-order valence-corrected chi connectivity index (χ3v) is 4.16. The van der Waals surface area contributed by atoms with E-state index in [0.29, 0.717) is 11.7 Å². The molecule has 1 aliphatic rings. The third kappa shape index (κ3) is 6.58. The van der Waals surface area contributed by atoms with E-state index in [-0.39, 0.29) is 17.9 Å². The van der Waals surface area contributed by atoms with Crippen LogP contribution >= 0.6 is 12.2 Å². The van der Waals surface area contributed by atoms with Crippen molar-refractivity contribution < 1.29 is 9.53 Å². The van der Waals surface area contributed by atoms with Crippen molar-refractivity contribution in [1.82, 2.24) is 20.9 Å². The van der Waals surface area contributed by atoms with E-state index in [1.807, 2.05) is 0 Å². The summed E-state index contributed by atoms with van der Waals surface area (Å²) in [6, 6.07) is -0.292. The standard InChI is InChI=1S/C14H28N4O2S/c1-4-11(2)12(17-14(21)15-3)13(19)16-5-6-18-7-9-20-10-8-18/h11-12H,4-10H2,1-3H3,(H,16,19)(H2,15,17,21). The molecule has 0 aromatic rings. The van der Waals surface area contributed by atoms with Crippen LogP contribution in [-0.4, -0.2) is 68.4 Å². The Morgan fingerprint density at radius 2 is 2.05 bits per heavy atom. The second-order valence-corrected chi connectivity index (χ2v) is 5.74. The largest absolute Gasteiger partial charge is 0.379 e. The molecule has 0 aliphatic carbocycles. The van der Waals surface area contributed by atoms with Crippen LogP contribution in [0.2, 0.25) is 0 Å². The molecule has 1 rings (SSSR count). The number of carbonyl (C=O) groups excluding carboxylic acids is 1. The lowest BCUT2D eigenvalue weighted by Gasteiger charge is -2.28. The molecule has 0 spiro atoms. The van der Waals surface area contributed by atoms with Crippen LogP contribution in [0.3, 0.4) is 0 Å². The SMILES string of the molecule is CCC(C)C(NC(=S)NC)C(=O)NCCN1CCOCC1. The molecule has 1 amide bonds. The maximum Gasteiger partial charge on any atom is 0.242 e. The van der Waals surface area contributed by atoms with Gasteiger partial charge in [-0.3, -0.25) is 9.69 Å². The first-order chi connectivity index (χ1) is 10.1. The van der Waals surface area contributed by atoms with Crippen LogP contribution in [0.1, 0.15) is 20.3 Å². The number of ether oxygens (including phenoxy) is 1. The van der Waals surface area contributed by atoms with E-state index < -0.39 is 0 Å². The molecule has 7 heteroatoms. The number of carbonyl (C=O) groups is 1. The minimum Gasteiger partial charge on any atom is -0.379 e. The van der Waals surface area contributed by atoms with Gasteiger partial charge in [-0.15, -0.1) is 0 Å². The quantitative estimate of drug-likeness (QED) is 0.572. The first kappa shape index (κ1) is 18.1. The number of nitrogens with one attached hydrogen (secondary N) is 3. The molecule has 1 heterocycles. The minimum absolute atomic E-state index is 0.00945. The van der Waals surface area contributed by atoms with Gasteiger partial charge in [-0.1, -0.05) is 20.3 Å². The average Bonchev–Trinajstić information content (AvgIpc) is 2.52. The fourth-order valence-corrected chi connectivity index (χ4v) is 2.31. The average molecular weight is 316 g/mol. The van der Waals surface area contributed by atoms with Gasteiger partial charge in [-0.05, 0) is 18.1 Å². The Balaban J connectivity index is 2.38. The summed E-state index contributed by atoms with van der Waals surface area (Å²) in [5, 5.41) is 9.44. The van der Waals surface area contributed by atoms with Gasteiger partial charge in [0, 0.05) is 33.2 Å². The van der Waals surface area contributed by atoms with Crippen LogP contribution < -0.4 is 16.0 Å². The second kappa shape index (κ2) is 9.92. The van der Waals surface area contributed by atoms with E-state index in [4.69, 9.17) is 17.0 Å². The van der Waals surface area contributed by atoms with Crippen molar-refractivity contribution in [2.24, 2.45) is 5.92 Å². The van der Waals surface area contributed by atoms with Crippen molar-refractivity contribution in [3.05, 3.63) is 0 Å². The van der Waals surface area contributed by atoms with Gasteiger partial charge >= 0.3 is 0 Å². The van der Waals surface area contributed by atoms with Crippen LogP contribution in [0.25, 0.3) is 0 Å². The zero-order valence-electron chi connectivity index (χ0n) is 13.3. The number of amides is 1. The molecule has 1 fully saturated rings. The maximum absolute atomic E-state index is 12.3. The fraction of sp³-hybridized carbons (Fsp3) is 0.857. The number of hydrogen-bond donors (Lipinski definition) is 3. The number of thiocarbonyl (C=S) groups is 1.